The van der Waals surface area contributed by atoms with Gasteiger partial charge in [-0.1, -0.05) is 0 Å². The van der Waals surface area contributed by atoms with Gasteiger partial charge in [0.15, 0.2) is 22.8 Å². The quantitative estimate of drug-likeness (QED) is 0.724. The highest BCUT2D eigenvalue weighted by molar-refractivity contribution is 5.85. The lowest BCUT2D eigenvalue weighted by atomic mass is 10.3. The van der Waals surface area contributed by atoms with Crippen LogP contribution >= 0.6 is 0 Å². The van der Waals surface area contributed by atoms with E-state index in [1.54, 1.807) is 0 Å². The number of nitrogen functional groups attached to an aromatic ring is 1. The van der Waals surface area contributed by atoms with Gasteiger partial charge in [0.25, 0.3) is 0 Å². The van der Waals surface area contributed by atoms with Gasteiger partial charge >= 0.3 is 6.18 Å². The van der Waals surface area contributed by atoms with E-state index in [0.717, 1.165) is 10.9 Å². The molecule has 0 radical (unpaired) electrons. The molecule has 4 heterocycles. The fourth-order valence-corrected chi connectivity index (χ4v) is 2.82. The van der Waals surface area contributed by atoms with Crippen LogP contribution in [0.15, 0.2) is 18.7 Å². The van der Waals surface area contributed by atoms with Crippen LogP contribution < -0.4 is 10.6 Å². The fourth-order valence-electron chi connectivity index (χ4n) is 2.82. The maximum absolute atomic E-state index is 12.9. The number of nitrogens with zero attached hydrogens (tertiary/aromatic N) is 7. The van der Waals surface area contributed by atoms with Crippen molar-refractivity contribution in [1.29, 1.82) is 0 Å². The summed E-state index contributed by atoms with van der Waals surface area (Å²) in [5.41, 5.74) is 6.34. The Labute approximate surface area is 151 Å². The number of anilines is 2. The predicted molar refractivity (Wildman–Crippen MR) is 89.8 cm³/mol. The zero-order chi connectivity index (χ0) is 19.0. The second-order valence-corrected chi connectivity index (χ2v) is 5.96. The molecule has 0 aliphatic carbocycles. The summed E-state index contributed by atoms with van der Waals surface area (Å²) < 4.78 is 45.1. The van der Waals surface area contributed by atoms with Crippen molar-refractivity contribution in [3.63, 3.8) is 0 Å². The number of fused-ring (bicyclic) bond motifs is 1. The van der Waals surface area contributed by atoms with Gasteiger partial charge in [-0.05, 0) is 0 Å². The lowest BCUT2D eigenvalue weighted by Gasteiger charge is -2.28. The first-order valence-corrected chi connectivity index (χ1v) is 8.11. The van der Waals surface area contributed by atoms with E-state index >= 15 is 0 Å². The molecule has 1 aliphatic heterocycles. The number of ether oxygens (including phenoxy) is 1. The average Bonchev–Trinajstić information content (AvgIpc) is 3.03. The number of nitrogens with two attached hydrogens (primary N) is 1. The zero-order valence-corrected chi connectivity index (χ0v) is 14.0. The molecule has 0 unspecified atom stereocenters. The standard InChI is InChI=1S/C15H15F3N8O/c16-15(17,18)7-26-8-22-10-12(25-1-3-27-4-2-25)23-11(24-13(10)26)9-5-20-14(19)21-6-9/h5-6,8H,1-4,7H2,(H2,19,20,21). The van der Waals surface area contributed by atoms with E-state index in [1.165, 1.54) is 12.4 Å². The van der Waals surface area contributed by atoms with Crippen molar-refractivity contribution in [1.82, 2.24) is 29.5 Å². The molecule has 142 valence electrons. The number of hydrogen-bond donors (Lipinski definition) is 1. The molecule has 0 spiro atoms. The van der Waals surface area contributed by atoms with Gasteiger partial charge in [-0.2, -0.15) is 13.2 Å². The van der Waals surface area contributed by atoms with Crippen LogP contribution in [0.3, 0.4) is 0 Å². The first-order valence-electron chi connectivity index (χ1n) is 8.11. The van der Waals surface area contributed by atoms with Crippen LogP contribution in [-0.4, -0.2) is 62.0 Å². The van der Waals surface area contributed by atoms with Crippen LogP contribution in [0.4, 0.5) is 24.9 Å². The third kappa shape index (κ3) is 3.60. The molecule has 0 amide bonds. The van der Waals surface area contributed by atoms with Crippen molar-refractivity contribution in [3.05, 3.63) is 18.7 Å². The van der Waals surface area contributed by atoms with Crippen molar-refractivity contribution in [2.45, 2.75) is 12.7 Å². The molecule has 0 atom stereocenters. The van der Waals surface area contributed by atoms with Crippen LogP contribution in [0.2, 0.25) is 0 Å². The smallest absolute Gasteiger partial charge is 0.378 e. The molecule has 9 nitrogen and oxygen atoms in total. The molecule has 1 saturated heterocycles. The van der Waals surface area contributed by atoms with E-state index in [2.05, 4.69) is 24.9 Å². The van der Waals surface area contributed by atoms with Crippen LogP contribution in [0.1, 0.15) is 0 Å². The molecule has 1 fully saturated rings. The highest BCUT2D eigenvalue weighted by Crippen LogP contribution is 2.28. The SMILES string of the molecule is Nc1ncc(-c2nc(N3CCOCC3)c3ncn(CC(F)(F)F)c3n2)cn1. The van der Waals surface area contributed by atoms with Crippen molar-refractivity contribution in [2.24, 2.45) is 0 Å². The third-order valence-electron chi connectivity index (χ3n) is 4.04. The first kappa shape index (κ1) is 17.4. The Kier molecular flexibility index (Phi) is 4.26. The lowest BCUT2D eigenvalue weighted by molar-refractivity contribution is -0.140. The first-order chi connectivity index (χ1) is 12.9. The van der Waals surface area contributed by atoms with Crippen molar-refractivity contribution >= 4 is 22.9 Å². The van der Waals surface area contributed by atoms with Crippen LogP contribution in [-0.2, 0) is 11.3 Å². The van der Waals surface area contributed by atoms with E-state index in [9.17, 15) is 13.2 Å². The van der Waals surface area contributed by atoms with Gasteiger partial charge in [0.05, 0.1) is 25.1 Å². The third-order valence-corrected chi connectivity index (χ3v) is 4.04. The highest BCUT2D eigenvalue weighted by Gasteiger charge is 2.30. The van der Waals surface area contributed by atoms with Crippen molar-refractivity contribution < 1.29 is 17.9 Å². The summed E-state index contributed by atoms with van der Waals surface area (Å²) >= 11 is 0. The summed E-state index contributed by atoms with van der Waals surface area (Å²) in [7, 11) is 0. The van der Waals surface area contributed by atoms with Gasteiger partial charge in [-0.25, -0.2) is 24.9 Å². The van der Waals surface area contributed by atoms with Gasteiger partial charge in [-0.3, -0.25) is 0 Å². The Hall–Kier alpha value is -3.02. The van der Waals surface area contributed by atoms with Gasteiger partial charge in [0.2, 0.25) is 5.95 Å². The number of morpholine rings is 1. The molecular formula is C15H15F3N8O. The Morgan fingerprint density at radius 3 is 2.44 bits per heavy atom. The molecule has 27 heavy (non-hydrogen) atoms. The van der Waals surface area contributed by atoms with E-state index in [0.29, 0.717) is 43.2 Å². The molecule has 0 bridgehead atoms. The second kappa shape index (κ2) is 6.61. The molecule has 0 aromatic carbocycles. The average molecular weight is 380 g/mol. The molecule has 0 saturated carbocycles. The predicted octanol–water partition coefficient (Wildman–Crippen LogP) is 1.26. The van der Waals surface area contributed by atoms with E-state index < -0.39 is 12.7 Å². The Bertz CT molecular complexity index is 950. The normalized spacial score (nSPS) is 15.4. The van der Waals surface area contributed by atoms with Crippen molar-refractivity contribution in [2.75, 3.05) is 36.9 Å². The molecular weight excluding hydrogens is 365 g/mol. The van der Waals surface area contributed by atoms with Gasteiger partial charge in [-0.15, -0.1) is 0 Å². The summed E-state index contributed by atoms with van der Waals surface area (Å²) in [5, 5.41) is 0. The van der Waals surface area contributed by atoms with Crippen molar-refractivity contribution in [3.8, 4) is 11.4 Å². The minimum absolute atomic E-state index is 0.0790. The minimum Gasteiger partial charge on any atom is -0.378 e. The highest BCUT2D eigenvalue weighted by atomic mass is 19.4. The molecule has 2 N–H and O–H groups in total. The molecule has 12 heteroatoms. The summed E-state index contributed by atoms with van der Waals surface area (Å²) in [5.74, 6) is 0.735. The number of imidazole rings is 1. The monoisotopic (exact) mass is 380 g/mol. The lowest BCUT2D eigenvalue weighted by Crippen LogP contribution is -2.37. The van der Waals surface area contributed by atoms with Crippen LogP contribution in [0.5, 0.6) is 0 Å². The van der Waals surface area contributed by atoms with Crippen LogP contribution in [0, 0.1) is 0 Å². The van der Waals surface area contributed by atoms with Gasteiger partial charge in [0.1, 0.15) is 6.54 Å². The molecule has 3 aromatic rings. The summed E-state index contributed by atoms with van der Waals surface area (Å²) in [4.78, 5) is 22.6. The molecule has 1 aliphatic rings. The maximum atomic E-state index is 12.9. The van der Waals surface area contributed by atoms with Gasteiger partial charge in [0, 0.05) is 25.5 Å². The van der Waals surface area contributed by atoms with E-state index in [-0.39, 0.29) is 17.4 Å². The van der Waals surface area contributed by atoms with Gasteiger partial charge < -0.3 is 19.9 Å². The Morgan fingerprint density at radius 1 is 1.07 bits per heavy atom. The van der Waals surface area contributed by atoms with Crippen LogP contribution in [0.25, 0.3) is 22.6 Å². The Balaban J connectivity index is 1.87. The second-order valence-electron chi connectivity index (χ2n) is 5.96. The van der Waals surface area contributed by atoms with E-state index in [1.807, 2.05) is 4.90 Å². The van der Waals surface area contributed by atoms with E-state index in [4.69, 9.17) is 10.5 Å². The zero-order valence-electron chi connectivity index (χ0n) is 14.0. The summed E-state index contributed by atoms with van der Waals surface area (Å²) in [6.07, 6.45) is -0.420. The number of rotatable bonds is 3. The fraction of sp³-hybridized carbons (Fsp3) is 0.400. The number of hydrogen-bond acceptors (Lipinski definition) is 8. The molecule has 4 rings (SSSR count). The largest absolute Gasteiger partial charge is 0.406 e. The Morgan fingerprint density at radius 2 is 1.78 bits per heavy atom. The molecule has 3 aromatic heterocycles. The maximum Gasteiger partial charge on any atom is 0.406 e. The number of halogens is 3. The summed E-state index contributed by atoms with van der Waals surface area (Å²) in [6.45, 7) is 0.900. The minimum atomic E-state index is -4.40. The summed E-state index contributed by atoms with van der Waals surface area (Å²) in [6, 6.07) is 0. The number of aromatic nitrogens is 6. The topological polar surface area (TPSA) is 108 Å². The number of alkyl halides is 3.